The second-order valence-corrected chi connectivity index (χ2v) is 11.5. The lowest BCUT2D eigenvalue weighted by atomic mass is 9.99. The molecule has 2 aliphatic rings. The molecular weight excluding hydrogens is 440 g/mol. The minimum atomic E-state index is -3.70. The summed E-state index contributed by atoms with van der Waals surface area (Å²) in [7, 11) is -3.70. The van der Waals surface area contributed by atoms with Gasteiger partial charge in [0.2, 0.25) is 15.9 Å². The van der Waals surface area contributed by atoms with Crippen LogP contribution in [0.1, 0.15) is 58.4 Å². The molecule has 9 nitrogen and oxygen atoms in total. The van der Waals surface area contributed by atoms with Gasteiger partial charge in [0.05, 0.1) is 16.3 Å². The molecular formula is C23H36N6O3S. The van der Waals surface area contributed by atoms with Gasteiger partial charge in [-0.1, -0.05) is 18.1 Å². The van der Waals surface area contributed by atoms with Crippen LogP contribution in [0.5, 0.6) is 0 Å². The SMILES string of the molecule is CC(C)n1nnc2cc(S(=O)(=O)N3CCC[C@@H](C(=O)NCCN4CCCCCC4)C3)ccc21. The first-order valence-electron chi connectivity index (χ1n) is 12.2. The third-order valence-corrected chi connectivity index (χ3v) is 8.61. The van der Waals surface area contributed by atoms with Crippen molar-refractivity contribution in [2.24, 2.45) is 5.92 Å². The molecule has 1 amide bonds. The quantitative estimate of drug-likeness (QED) is 0.659. The van der Waals surface area contributed by atoms with E-state index in [1.165, 1.54) is 30.0 Å². The van der Waals surface area contributed by atoms with Gasteiger partial charge in [0.15, 0.2) is 0 Å². The molecule has 0 aliphatic carbocycles. The zero-order valence-electron chi connectivity index (χ0n) is 19.7. The predicted octanol–water partition coefficient (Wildman–Crippen LogP) is 2.41. The molecule has 2 saturated heterocycles. The van der Waals surface area contributed by atoms with Gasteiger partial charge in [-0.15, -0.1) is 5.10 Å². The molecule has 0 unspecified atom stereocenters. The van der Waals surface area contributed by atoms with Gasteiger partial charge in [-0.2, -0.15) is 4.31 Å². The number of hydrogen-bond acceptors (Lipinski definition) is 6. The van der Waals surface area contributed by atoms with Crippen molar-refractivity contribution >= 4 is 27.0 Å². The van der Waals surface area contributed by atoms with Crippen molar-refractivity contribution in [3.63, 3.8) is 0 Å². The smallest absolute Gasteiger partial charge is 0.243 e. The topological polar surface area (TPSA) is 100 Å². The summed E-state index contributed by atoms with van der Waals surface area (Å²) < 4.78 is 29.9. The lowest BCUT2D eigenvalue weighted by Gasteiger charge is -2.31. The number of piperidine rings is 1. The van der Waals surface area contributed by atoms with E-state index in [2.05, 4.69) is 20.5 Å². The fourth-order valence-corrected chi connectivity index (χ4v) is 6.37. The van der Waals surface area contributed by atoms with Crippen molar-refractivity contribution in [1.82, 2.24) is 29.5 Å². The number of nitrogens with one attached hydrogen (secondary N) is 1. The van der Waals surface area contributed by atoms with E-state index in [0.29, 0.717) is 31.4 Å². The minimum absolute atomic E-state index is 0.0416. The zero-order chi connectivity index (χ0) is 23.4. The molecule has 1 N–H and O–H groups in total. The van der Waals surface area contributed by atoms with E-state index in [0.717, 1.165) is 25.2 Å². The predicted molar refractivity (Wildman–Crippen MR) is 127 cm³/mol. The Morgan fingerprint density at radius 1 is 1.12 bits per heavy atom. The maximum Gasteiger partial charge on any atom is 0.243 e. The highest BCUT2D eigenvalue weighted by atomic mass is 32.2. The summed E-state index contributed by atoms with van der Waals surface area (Å²) in [6, 6.07) is 5.10. The summed E-state index contributed by atoms with van der Waals surface area (Å²) in [6.07, 6.45) is 6.42. The van der Waals surface area contributed by atoms with Gasteiger partial charge in [-0.25, -0.2) is 13.1 Å². The summed E-state index contributed by atoms with van der Waals surface area (Å²) in [5.41, 5.74) is 1.37. The van der Waals surface area contributed by atoms with E-state index >= 15 is 0 Å². The van der Waals surface area contributed by atoms with Gasteiger partial charge in [-0.05, 0) is 70.8 Å². The first-order chi connectivity index (χ1) is 15.9. The van der Waals surface area contributed by atoms with Crippen molar-refractivity contribution in [3.8, 4) is 0 Å². The monoisotopic (exact) mass is 476 g/mol. The Bertz CT molecular complexity index is 1060. The number of carbonyl (C=O) groups is 1. The van der Waals surface area contributed by atoms with Gasteiger partial charge in [0, 0.05) is 32.2 Å². The Labute approximate surface area is 196 Å². The van der Waals surface area contributed by atoms with E-state index in [1.807, 2.05) is 13.8 Å². The van der Waals surface area contributed by atoms with Crippen LogP contribution >= 0.6 is 0 Å². The summed E-state index contributed by atoms with van der Waals surface area (Å²) in [5.74, 6) is -0.358. The Balaban J connectivity index is 1.37. The molecule has 2 aliphatic heterocycles. The van der Waals surface area contributed by atoms with Crippen LogP contribution in [0.25, 0.3) is 11.0 Å². The van der Waals surface area contributed by atoms with Crippen LogP contribution < -0.4 is 5.32 Å². The Kier molecular flexibility index (Phi) is 7.65. The molecule has 1 atom stereocenters. The Morgan fingerprint density at radius 3 is 2.61 bits per heavy atom. The molecule has 0 radical (unpaired) electrons. The van der Waals surface area contributed by atoms with Crippen LogP contribution in [0.2, 0.25) is 0 Å². The molecule has 1 aromatic carbocycles. The lowest BCUT2D eigenvalue weighted by molar-refractivity contribution is -0.126. The van der Waals surface area contributed by atoms with Gasteiger partial charge in [-0.3, -0.25) is 4.79 Å². The van der Waals surface area contributed by atoms with Crippen LogP contribution in [0.3, 0.4) is 0 Å². The number of likely N-dealkylation sites (tertiary alicyclic amines) is 1. The molecule has 182 valence electrons. The second kappa shape index (κ2) is 10.5. The molecule has 10 heteroatoms. The van der Waals surface area contributed by atoms with E-state index in [-0.39, 0.29) is 29.3 Å². The zero-order valence-corrected chi connectivity index (χ0v) is 20.6. The largest absolute Gasteiger partial charge is 0.355 e. The summed E-state index contributed by atoms with van der Waals surface area (Å²) in [5, 5.41) is 11.3. The van der Waals surface area contributed by atoms with E-state index in [9.17, 15) is 13.2 Å². The fourth-order valence-electron chi connectivity index (χ4n) is 4.83. The summed E-state index contributed by atoms with van der Waals surface area (Å²) >= 11 is 0. The van der Waals surface area contributed by atoms with Crippen LogP contribution in [0, 0.1) is 5.92 Å². The highest BCUT2D eigenvalue weighted by Crippen LogP contribution is 2.26. The molecule has 0 bridgehead atoms. The normalized spacial score (nSPS) is 21.4. The number of aromatic nitrogens is 3. The molecule has 2 aromatic rings. The first-order valence-corrected chi connectivity index (χ1v) is 13.7. The third kappa shape index (κ3) is 5.55. The molecule has 0 spiro atoms. The first kappa shape index (κ1) is 24.1. The van der Waals surface area contributed by atoms with Gasteiger partial charge >= 0.3 is 0 Å². The van der Waals surface area contributed by atoms with Crippen LogP contribution in [0.4, 0.5) is 0 Å². The molecule has 3 heterocycles. The van der Waals surface area contributed by atoms with Crippen LogP contribution in [-0.4, -0.2) is 77.8 Å². The number of amides is 1. The maximum absolute atomic E-state index is 13.3. The second-order valence-electron chi connectivity index (χ2n) is 9.53. The number of nitrogens with zero attached hydrogens (tertiary/aromatic N) is 5. The highest BCUT2D eigenvalue weighted by molar-refractivity contribution is 7.89. The number of hydrogen-bond donors (Lipinski definition) is 1. The van der Waals surface area contributed by atoms with Crippen molar-refractivity contribution in [3.05, 3.63) is 18.2 Å². The van der Waals surface area contributed by atoms with Gasteiger partial charge in [0.1, 0.15) is 5.52 Å². The van der Waals surface area contributed by atoms with Crippen LogP contribution in [0.15, 0.2) is 23.1 Å². The molecule has 2 fully saturated rings. The van der Waals surface area contributed by atoms with Crippen molar-refractivity contribution in [2.75, 3.05) is 39.3 Å². The third-order valence-electron chi connectivity index (χ3n) is 6.75. The minimum Gasteiger partial charge on any atom is -0.355 e. The van der Waals surface area contributed by atoms with Crippen molar-refractivity contribution < 1.29 is 13.2 Å². The Morgan fingerprint density at radius 2 is 1.88 bits per heavy atom. The maximum atomic E-state index is 13.3. The average molecular weight is 477 g/mol. The average Bonchev–Trinajstić information content (AvgIpc) is 3.07. The van der Waals surface area contributed by atoms with Crippen molar-refractivity contribution in [1.29, 1.82) is 0 Å². The van der Waals surface area contributed by atoms with E-state index in [4.69, 9.17) is 0 Å². The van der Waals surface area contributed by atoms with E-state index in [1.54, 1.807) is 22.9 Å². The number of carbonyl (C=O) groups excluding carboxylic acids is 1. The standard InChI is InChI=1S/C23H36N6O3S/c1-18(2)29-22-10-9-20(16-21(22)25-26-29)33(31,32)28-14-7-8-19(17-28)23(30)24-11-15-27-12-5-3-4-6-13-27/h9-10,16,18-19H,3-8,11-15,17H2,1-2H3,(H,24,30)/t19-/m1/s1. The molecule has 33 heavy (non-hydrogen) atoms. The van der Waals surface area contributed by atoms with Crippen LogP contribution in [-0.2, 0) is 14.8 Å². The molecule has 4 rings (SSSR count). The molecule has 0 saturated carbocycles. The Hall–Kier alpha value is -2.04. The number of benzene rings is 1. The highest BCUT2D eigenvalue weighted by Gasteiger charge is 2.33. The summed E-state index contributed by atoms with van der Waals surface area (Å²) in [4.78, 5) is 15.4. The summed E-state index contributed by atoms with van der Waals surface area (Å²) in [6.45, 7) is 8.32. The molecule has 1 aromatic heterocycles. The number of fused-ring (bicyclic) bond motifs is 1. The van der Waals surface area contributed by atoms with E-state index < -0.39 is 10.0 Å². The van der Waals surface area contributed by atoms with Crippen molar-refractivity contribution in [2.45, 2.75) is 63.3 Å². The lowest BCUT2D eigenvalue weighted by Crippen LogP contribution is -2.46. The number of rotatable bonds is 7. The van der Waals surface area contributed by atoms with Gasteiger partial charge in [0.25, 0.3) is 0 Å². The number of sulfonamides is 1. The van der Waals surface area contributed by atoms with Gasteiger partial charge < -0.3 is 10.2 Å². The fraction of sp³-hybridized carbons (Fsp3) is 0.696.